The Morgan fingerprint density at radius 1 is 1.23 bits per heavy atom. The molecule has 0 aliphatic heterocycles. The molecule has 1 heterocycles. The number of aromatic nitrogens is 2. The number of hydrogen-bond acceptors (Lipinski definition) is 4. The second kappa shape index (κ2) is 3.40. The molecule has 1 aliphatic rings. The van der Waals surface area contributed by atoms with Crippen LogP contribution in [0.1, 0.15) is 24.5 Å². The minimum absolute atomic E-state index is 0.259. The molecular weight excluding hydrogens is 168 g/mol. The lowest BCUT2D eigenvalue weighted by molar-refractivity contribution is 0.00446. The summed E-state index contributed by atoms with van der Waals surface area (Å²) in [5.74, 6) is 0.259. The molecule has 2 unspecified atom stereocenters. The van der Waals surface area contributed by atoms with E-state index in [0.717, 1.165) is 12.8 Å². The second-order valence-electron chi connectivity index (χ2n) is 3.44. The zero-order valence-electron chi connectivity index (χ0n) is 7.17. The molecule has 2 rings (SSSR count). The van der Waals surface area contributed by atoms with Crippen molar-refractivity contribution in [3.8, 4) is 0 Å². The molecule has 2 atom stereocenters. The lowest BCUT2D eigenvalue weighted by Crippen LogP contribution is -2.20. The van der Waals surface area contributed by atoms with Crippen LogP contribution in [0.4, 0.5) is 0 Å². The lowest BCUT2D eigenvalue weighted by atomic mass is 10.0. The highest BCUT2D eigenvalue weighted by atomic mass is 16.3. The van der Waals surface area contributed by atoms with E-state index < -0.39 is 12.2 Å². The predicted molar refractivity (Wildman–Crippen MR) is 45.7 cm³/mol. The largest absolute Gasteiger partial charge is 0.390 e. The van der Waals surface area contributed by atoms with E-state index in [1.807, 2.05) is 0 Å². The Kier molecular flexibility index (Phi) is 2.24. The zero-order valence-corrected chi connectivity index (χ0v) is 7.17. The van der Waals surface area contributed by atoms with Crippen molar-refractivity contribution in [2.45, 2.75) is 25.0 Å². The molecule has 0 bridgehead atoms. The van der Waals surface area contributed by atoms with E-state index >= 15 is 0 Å². The number of aliphatic hydroxyl groups is 2. The van der Waals surface area contributed by atoms with Crippen molar-refractivity contribution in [3.05, 3.63) is 24.3 Å². The van der Waals surface area contributed by atoms with Gasteiger partial charge in [-0.1, -0.05) is 0 Å². The minimum atomic E-state index is -0.839. The smallest absolute Gasteiger partial charge is 0.115 e. The van der Waals surface area contributed by atoms with Crippen LogP contribution in [-0.2, 0) is 0 Å². The number of rotatable bonds is 3. The monoisotopic (exact) mass is 180 g/mol. The topological polar surface area (TPSA) is 66.2 Å². The van der Waals surface area contributed by atoms with Gasteiger partial charge in [0.15, 0.2) is 0 Å². The van der Waals surface area contributed by atoms with Crippen molar-refractivity contribution < 1.29 is 10.2 Å². The van der Waals surface area contributed by atoms with Crippen LogP contribution in [-0.4, -0.2) is 26.3 Å². The van der Waals surface area contributed by atoms with E-state index in [-0.39, 0.29) is 5.92 Å². The van der Waals surface area contributed by atoms with Gasteiger partial charge in [0.25, 0.3) is 0 Å². The predicted octanol–water partition coefficient (Wildman–Crippen LogP) is 0.281. The summed E-state index contributed by atoms with van der Waals surface area (Å²) < 4.78 is 0. The molecule has 13 heavy (non-hydrogen) atoms. The Morgan fingerprint density at radius 3 is 2.38 bits per heavy atom. The van der Waals surface area contributed by atoms with E-state index in [9.17, 15) is 10.2 Å². The van der Waals surface area contributed by atoms with Crippen LogP contribution in [0.5, 0.6) is 0 Å². The van der Waals surface area contributed by atoms with Crippen LogP contribution in [0.2, 0.25) is 0 Å². The molecule has 1 aromatic heterocycles. The quantitative estimate of drug-likeness (QED) is 0.701. The summed E-state index contributed by atoms with van der Waals surface area (Å²) in [5.41, 5.74) is 0.585. The maximum Gasteiger partial charge on any atom is 0.115 e. The molecule has 0 amide bonds. The number of hydrogen-bond donors (Lipinski definition) is 2. The average Bonchev–Trinajstić information content (AvgIpc) is 3.00. The van der Waals surface area contributed by atoms with E-state index in [1.54, 1.807) is 0 Å². The average molecular weight is 180 g/mol. The van der Waals surface area contributed by atoms with Gasteiger partial charge in [-0.05, 0) is 18.8 Å². The third kappa shape index (κ3) is 1.84. The highest BCUT2D eigenvalue weighted by Gasteiger charge is 2.35. The van der Waals surface area contributed by atoms with Crippen molar-refractivity contribution in [2.24, 2.45) is 5.92 Å². The van der Waals surface area contributed by atoms with Gasteiger partial charge in [-0.2, -0.15) is 0 Å². The highest BCUT2D eigenvalue weighted by molar-refractivity contribution is 5.09. The van der Waals surface area contributed by atoms with Gasteiger partial charge in [-0.15, -0.1) is 0 Å². The summed E-state index contributed by atoms with van der Waals surface area (Å²) in [6, 6.07) is 0. The molecule has 0 spiro atoms. The van der Waals surface area contributed by atoms with Gasteiger partial charge in [-0.3, -0.25) is 0 Å². The first-order chi connectivity index (χ1) is 6.29. The van der Waals surface area contributed by atoms with Crippen molar-refractivity contribution in [2.75, 3.05) is 0 Å². The Balaban J connectivity index is 2.07. The van der Waals surface area contributed by atoms with Gasteiger partial charge in [0.05, 0.1) is 6.10 Å². The van der Waals surface area contributed by atoms with Crippen molar-refractivity contribution >= 4 is 0 Å². The number of aliphatic hydroxyl groups excluding tert-OH is 2. The molecule has 0 radical (unpaired) electrons. The van der Waals surface area contributed by atoms with Crippen molar-refractivity contribution in [3.63, 3.8) is 0 Å². The molecule has 1 fully saturated rings. The zero-order chi connectivity index (χ0) is 9.26. The molecule has 2 N–H and O–H groups in total. The lowest BCUT2D eigenvalue weighted by Gasteiger charge is -2.16. The molecule has 0 aromatic carbocycles. The fourth-order valence-electron chi connectivity index (χ4n) is 1.36. The molecule has 1 saturated carbocycles. The molecule has 1 aromatic rings. The first-order valence-corrected chi connectivity index (χ1v) is 4.40. The third-order valence-electron chi connectivity index (χ3n) is 2.35. The van der Waals surface area contributed by atoms with E-state index in [4.69, 9.17) is 0 Å². The Labute approximate surface area is 76.3 Å². The van der Waals surface area contributed by atoms with Crippen LogP contribution in [0, 0.1) is 5.92 Å². The second-order valence-corrected chi connectivity index (χ2v) is 3.44. The van der Waals surface area contributed by atoms with Crippen LogP contribution in [0.15, 0.2) is 18.7 Å². The maximum absolute atomic E-state index is 9.67. The van der Waals surface area contributed by atoms with Gasteiger partial charge in [-0.25, -0.2) is 9.97 Å². The first kappa shape index (κ1) is 8.59. The van der Waals surface area contributed by atoms with Crippen LogP contribution in [0.25, 0.3) is 0 Å². The molecule has 4 heteroatoms. The summed E-state index contributed by atoms with van der Waals surface area (Å²) in [5, 5.41) is 19.3. The normalized spacial score (nSPS) is 21.1. The summed E-state index contributed by atoms with van der Waals surface area (Å²) in [4.78, 5) is 7.57. The standard InChI is InChI=1S/C9H12N2O2/c12-8(6-1-2-6)9(13)7-3-10-5-11-4-7/h3-6,8-9,12-13H,1-2H2. The van der Waals surface area contributed by atoms with Crippen molar-refractivity contribution in [1.29, 1.82) is 0 Å². The van der Waals surface area contributed by atoms with Crippen LogP contribution < -0.4 is 0 Å². The molecule has 70 valence electrons. The van der Waals surface area contributed by atoms with Gasteiger partial charge < -0.3 is 10.2 Å². The Morgan fingerprint density at radius 2 is 1.85 bits per heavy atom. The van der Waals surface area contributed by atoms with Gasteiger partial charge in [0.1, 0.15) is 12.4 Å². The van der Waals surface area contributed by atoms with E-state index in [1.165, 1.54) is 18.7 Å². The molecule has 4 nitrogen and oxygen atoms in total. The molecule has 1 aliphatic carbocycles. The maximum atomic E-state index is 9.67. The Hall–Kier alpha value is -1.00. The van der Waals surface area contributed by atoms with Crippen LogP contribution in [0.3, 0.4) is 0 Å². The SMILES string of the molecule is OC(c1cncnc1)C(O)C1CC1. The summed E-state index contributed by atoms with van der Waals surface area (Å²) in [6.45, 7) is 0. The fourth-order valence-corrected chi connectivity index (χ4v) is 1.36. The van der Waals surface area contributed by atoms with Crippen LogP contribution >= 0.6 is 0 Å². The van der Waals surface area contributed by atoms with Gasteiger partial charge in [0, 0.05) is 18.0 Å². The van der Waals surface area contributed by atoms with Gasteiger partial charge in [0.2, 0.25) is 0 Å². The molecule has 0 saturated heterocycles. The molecular formula is C9H12N2O2. The number of nitrogens with zero attached hydrogens (tertiary/aromatic N) is 2. The van der Waals surface area contributed by atoms with E-state index in [2.05, 4.69) is 9.97 Å². The third-order valence-corrected chi connectivity index (χ3v) is 2.35. The Bertz CT molecular complexity index is 274. The minimum Gasteiger partial charge on any atom is -0.390 e. The first-order valence-electron chi connectivity index (χ1n) is 4.40. The summed E-state index contributed by atoms with van der Waals surface area (Å²) in [7, 11) is 0. The fraction of sp³-hybridized carbons (Fsp3) is 0.556. The van der Waals surface area contributed by atoms with E-state index in [0.29, 0.717) is 5.56 Å². The summed E-state index contributed by atoms with van der Waals surface area (Å²) in [6.07, 6.45) is 4.98. The summed E-state index contributed by atoms with van der Waals surface area (Å²) >= 11 is 0. The van der Waals surface area contributed by atoms with Crippen molar-refractivity contribution in [1.82, 2.24) is 9.97 Å². The highest BCUT2D eigenvalue weighted by Crippen LogP contribution is 2.37. The van der Waals surface area contributed by atoms with Gasteiger partial charge >= 0.3 is 0 Å².